The van der Waals surface area contributed by atoms with Crippen LogP contribution in [0.15, 0.2) is 18.2 Å². The van der Waals surface area contributed by atoms with Crippen molar-refractivity contribution in [2.75, 3.05) is 11.9 Å². The first-order chi connectivity index (χ1) is 10.3. The van der Waals surface area contributed by atoms with Crippen LogP contribution in [0.3, 0.4) is 0 Å². The quantitative estimate of drug-likeness (QED) is 0.643. The van der Waals surface area contributed by atoms with Crippen molar-refractivity contribution in [3.63, 3.8) is 0 Å². The Labute approximate surface area is 125 Å². The molecule has 0 heterocycles. The predicted molar refractivity (Wildman–Crippen MR) is 74.6 cm³/mol. The molecule has 2 N–H and O–H groups in total. The van der Waals surface area contributed by atoms with E-state index < -0.39 is 22.4 Å². The molecule has 0 radical (unpaired) electrons. The van der Waals surface area contributed by atoms with Crippen molar-refractivity contribution in [3.8, 4) is 0 Å². The standard InChI is InChI=1S/C14H17F3N2O3/c15-14(16,17)11-8-10(4-5-13(11)19(21)22)18-12-3-1-2-9(12)6-7-20/h4-5,8-9,12,18,20H,1-3,6-7H2. The van der Waals surface area contributed by atoms with Gasteiger partial charge in [0.15, 0.2) is 0 Å². The zero-order chi connectivity index (χ0) is 16.3. The molecule has 2 unspecified atom stereocenters. The van der Waals surface area contributed by atoms with Crippen molar-refractivity contribution >= 4 is 11.4 Å². The molecule has 1 saturated carbocycles. The Morgan fingerprint density at radius 1 is 1.36 bits per heavy atom. The molecule has 0 aromatic heterocycles. The van der Waals surface area contributed by atoms with Gasteiger partial charge >= 0.3 is 6.18 Å². The molecule has 0 spiro atoms. The number of hydrogen-bond donors (Lipinski definition) is 2. The van der Waals surface area contributed by atoms with E-state index in [0.29, 0.717) is 6.42 Å². The number of halogens is 3. The Balaban J connectivity index is 2.24. The zero-order valence-corrected chi connectivity index (χ0v) is 11.8. The van der Waals surface area contributed by atoms with Gasteiger partial charge in [0.1, 0.15) is 5.56 Å². The van der Waals surface area contributed by atoms with Gasteiger partial charge in [-0.1, -0.05) is 6.42 Å². The van der Waals surface area contributed by atoms with Crippen molar-refractivity contribution in [1.29, 1.82) is 0 Å². The highest BCUT2D eigenvalue weighted by Gasteiger charge is 2.38. The molecule has 1 aliphatic carbocycles. The third-order valence-corrected chi connectivity index (χ3v) is 4.01. The lowest BCUT2D eigenvalue weighted by Gasteiger charge is -2.22. The number of nitrogens with one attached hydrogen (secondary N) is 1. The van der Waals surface area contributed by atoms with Crippen LogP contribution in [0.2, 0.25) is 0 Å². The number of aliphatic hydroxyl groups is 1. The number of nitrogens with zero attached hydrogens (tertiary/aromatic N) is 1. The van der Waals surface area contributed by atoms with E-state index in [9.17, 15) is 23.3 Å². The first kappa shape index (κ1) is 16.5. The van der Waals surface area contributed by atoms with Gasteiger partial charge in [0.2, 0.25) is 0 Å². The summed E-state index contributed by atoms with van der Waals surface area (Å²) < 4.78 is 38.8. The summed E-state index contributed by atoms with van der Waals surface area (Å²) in [5.74, 6) is 0.203. The molecule has 0 amide bonds. The summed E-state index contributed by atoms with van der Waals surface area (Å²) in [4.78, 5) is 9.69. The fraction of sp³-hybridized carbons (Fsp3) is 0.571. The first-order valence-electron chi connectivity index (χ1n) is 7.06. The van der Waals surface area contributed by atoms with Gasteiger partial charge in [0, 0.05) is 24.4 Å². The van der Waals surface area contributed by atoms with Crippen LogP contribution in [0.4, 0.5) is 24.5 Å². The molecule has 1 aliphatic rings. The summed E-state index contributed by atoms with van der Waals surface area (Å²) in [5, 5.41) is 22.7. The highest BCUT2D eigenvalue weighted by atomic mass is 19.4. The number of rotatable bonds is 5. The van der Waals surface area contributed by atoms with Crippen molar-refractivity contribution in [3.05, 3.63) is 33.9 Å². The van der Waals surface area contributed by atoms with Gasteiger partial charge < -0.3 is 10.4 Å². The number of hydrogen-bond acceptors (Lipinski definition) is 4. The number of alkyl halides is 3. The third kappa shape index (κ3) is 3.68. The van der Waals surface area contributed by atoms with Crippen molar-refractivity contribution in [2.24, 2.45) is 5.92 Å². The van der Waals surface area contributed by atoms with Crippen molar-refractivity contribution in [1.82, 2.24) is 0 Å². The lowest BCUT2D eigenvalue weighted by atomic mass is 9.99. The van der Waals surface area contributed by atoms with E-state index in [0.717, 1.165) is 31.4 Å². The van der Waals surface area contributed by atoms with E-state index in [2.05, 4.69) is 5.32 Å². The van der Waals surface area contributed by atoms with Gasteiger partial charge in [-0.2, -0.15) is 13.2 Å². The number of anilines is 1. The molecule has 1 aromatic rings. The average Bonchev–Trinajstić information content (AvgIpc) is 2.85. The van der Waals surface area contributed by atoms with Gasteiger partial charge in [-0.25, -0.2) is 0 Å². The molecule has 0 aliphatic heterocycles. The van der Waals surface area contributed by atoms with Gasteiger partial charge in [-0.3, -0.25) is 10.1 Å². The molecule has 8 heteroatoms. The van der Waals surface area contributed by atoms with Crippen molar-refractivity contribution in [2.45, 2.75) is 37.9 Å². The van der Waals surface area contributed by atoms with Crippen molar-refractivity contribution < 1.29 is 23.2 Å². The molecule has 0 saturated heterocycles. The van der Waals surface area contributed by atoms with E-state index in [1.165, 1.54) is 6.07 Å². The Kier molecular flexibility index (Phi) is 4.90. The van der Waals surface area contributed by atoms with E-state index in [4.69, 9.17) is 5.11 Å². The lowest BCUT2D eigenvalue weighted by molar-refractivity contribution is -0.388. The van der Waals surface area contributed by atoms with Gasteiger partial charge in [0.25, 0.3) is 5.69 Å². The molecule has 5 nitrogen and oxygen atoms in total. The Bertz CT molecular complexity index is 549. The Morgan fingerprint density at radius 2 is 2.09 bits per heavy atom. The maximum atomic E-state index is 12.9. The number of nitro benzene ring substituents is 1. The molecule has 0 bridgehead atoms. The summed E-state index contributed by atoms with van der Waals surface area (Å²) in [7, 11) is 0. The smallest absolute Gasteiger partial charge is 0.396 e. The predicted octanol–water partition coefficient (Wildman–Crippen LogP) is 3.58. The van der Waals surface area contributed by atoms with Crippen LogP contribution < -0.4 is 5.32 Å². The largest absolute Gasteiger partial charge is 0.423 e. The van der Waals surface area contributed by atoms with Crippen LogP contribution in [0.1, 0.15) is 31.2 Å². The number of benzene rings is 1. The molecular weight excluding hydrogens is 301 g/mol. The summed E-state index contributed by atoms with van der Waals surface area (Å²) in [6, 6.07) is 2.93. The molecule has 122 valence electrons. The number of nitro groups is 1. The van der Waals surface area contributed by atoms with Gasteiger partial charge in [0.05, 0.1) is 4.92 Å². The minimum atomic E-state index is -4.78. The minimum Gasteiger partial charge on any atom is -0.396 e. The lowest BCUT2D eigenvalue weighted by Crippen LogP contribution is -2.25. The monoisotopic (exact) mass is 318 g/mol. The Morgan fingerprint density at radius 3 is 2.68 bits per heavy atom. The third-order valence-electron chi connectivity index (χ3n) is 4.01. The van der Waals surface area contributed by atoms with E-state index in [-0.39, 0.29) is 24.3 Å². The molecule has 2 rings (SSSR count). The maximum absolute atomic E-state index is 12.9. The van der Waals surface area contributed by atoms with Crippen LogP contribution in [-0.4, -0.2) is 22.7 Å². The molecule has 22 heavy (non-hydrogen) atoms. The molecule has 2 atom stereocenters. The molecule has 1 fully saturated rings. The van der Waals surface area contributed by atoms with Crippen LogP contribution >= 0.6 is 0 Å². The fourth-order valence-corrected chi connectivity index (χ4v) is 2.96. The second-order valence-corrected chi connectivity index (χ2v) is 5.44. The van der Waals surface area contributed by atoms with Crippen LogP contribution in [0.5, 0.6) is 0 Å². The maximum Gasteiger partial charge on any atom is 0.423 e. The summed E-state index contributed by atoms with van der Waals surface area (Å²) in [6.45, 7) is 0.0386. The summed E-state index contributed by atoms with van der Waals surface area (Å²) in [5.41, 5.74) is -1.98. The normalized spacial score (nSPS) is 21.8. The highest BCUT2D eigenvalue weighted by molar-refractivity contribution is 5.55. The minimum absolute atomic E-state index is 0.0188. The average molecular weight is 318 g/mol. The summed E-state index contributed by atoms with van der Waals surface area (Å²) >= 11 is 0. The Hall–Kier alpha value is -1.83. The summed E-state index contributed by atoms with van der Waals surface area (Å²) in [6.07, 6.45) is -1.52. The van der Waals surface area contributed by atoms with E-state index in [1.807, 2.05) is 0 Å². The highest BCUT2D eigenvalue weighted by Crippen LogP contribution is 2.38. The van der Waals surface area contributed by atoms with E-state index in [1.54, 1.807) is 0 Å². The van der Waals surface area contributed by atoms with Gasteiger partial charge in [-0.15, -0.1) is 0 Å². The second kappa shape index (κ2) is 6.51. The second-order valence-electron chi connectivity index (χ2n) is 5.44. The van der Waals surface area contributed by atoms with Gasteiger partial charge in [-0.05, 0) is 37.3 Å². The SMILES string of the molecule is O=[N+]([O-])c1ccc(NC2CCCC2CCO)cc1C(F)(F)F. The topological polar surface area (TPSA) is 75.4 Å². The first-order valence-corrected chi connectivity index (χ1v) is 7.06. The van der Waals surface area contributed by atoms with E-state index >= 15 is 0 Å². The zero-order valence-electron chi connectivity index (χ0n) is 11.8. The number of aliphatic hydroxyl groups excluding tert-OH is 1. The van der Waals surface area contributed by atoms with Crippen LogP contribution in [0.25, 0.3) is 0 Å². The molecule has 1 aromatic carbocycles. The fourth-order valence-electron chi connectivity index (χ4n) is 2.96. The molecular formula is C14H17F3N2O3. The van der Waals surface area contributed by atoms with Crippen LogP contribution in [0, 0.1) is 16.0 Å². The van der Waals surface area contributed by atoms with Crippen LogP contribution in [-0.2, 0) is 6.18 Å².